The molecule has 0 amide bonds. The molecule has 4 nitrogen and oxygen atoms in total. The van der Waals surface area contributed by atoms with Crippen LogP contribution >= 0.6 is 0 Å². The zero-order valence-electron chi connectivity index (χ0n) is 13.2. The maximum Gasteiger partial charge on any atom is 0.243 e. The number of rotatable bonds is 8. The lowest BCUT2D eigenvalue weighted by atomic mass is 10.1. The summed E-state index contributed by atoms with van der Waals surface area (Å²) in [6, 6.07) is 8.02. The molecule has 0 heterocycles. The molecule has 118 valence electrons. The quantitative estimate of drug-likeness (QED) is 0.802. The smallest absolute Gasteiger partial charge is 0.243 e. The summed E-state index contributed by atoms with van der Waals surface area (Å²) in [6.07, 6.45) is 4.33. The van der Waals surface area contributed by atoms with Crippen LogP contribution in [0.2, 0.25) is 0 Å². The summed E-state index contributed by atoms with van der Waals surface area (Å²) in [5.41, 5.74) is 1.17. The fraction of sp³-hybridized carbons (Fsp3) is 0.625. The van der Waals surface area contributed by atoms with Crippen molar-refractivity contribution in [3.8, 4) is 0 Å². The first kappa shape index (κ1) is 16.5. The van der Waals surface area contributed by atoms with Crippen LogP contribution in [0.25, 0.3) is 0 Å². The Hall–Kier alpha value is -0.910. The van der Waals surface area contributed by atoms with Gasteiger partial charge in [0.1, 0.15) is 0 Å². The van der Waals surface area contributed by atoms with Gasteiger partial charge in [-0.2, -0.15) is 4.31 Å². The van der Waals surface area contributed by atoms with E-state index in [-0.39, 0.29) is 6.04 Å². The van der Waals surface area contributed by atoms with E-state index in [0.717, 1.165) is 19.4 Å². The summed E-state index contributed by atoms with van der Waals surface area (Å²) in [4.78, 5) is 0.379. The molecule has 0 radical (unpaired) electrons. The standard InChI is InChI=1S/C16H26N2O2S/c1-4-13(2)18(3)21(19,20)16-9-5-14(6-10-16)11-12-17-15-7-8-15/h5-6,9-10,13,15,17H,4,7-8,11-12H2,1-3H3. The van der Waals surface area contributed by atoms with E-state index in [1.807, 2.05) is 26.0 Å². The molecular weight excluding hydrogens is 284 g/mol. The fourth-order valence-electron chi connectivity index (χ4n) is 2.20. The minimum atomic E-state index is -3.37. The topological polar surface area (TPSA) is 49.4 Å². The van der Waals surface area contributed by atoms with Crippen LogP contribution in [0, 0.1) is 0 Å². The van der Waals surface area contributed by atoms with Gasteiger partial charge < -0.3 is 5.32 Å². The minimum absolute atomic E-state index is 0.0115. The predicted molar refractivity (Wildman–Crippen MR) is 85.9 cm³/mol. The van der Waals surface area contributed by atoms with Crippen molar-refractivity contribution < 1.29 is 8.42 Å². The van der Waals surface area contributed by atoms with Crippen LogP contribution in [-0.2, 0) is 16.4 Å². The van der Waals surface area contributed by atoms with Crippen molar-refractivity contribution in [2.24, 2.45) is 0 Å². The molecule has 0 aliphatic heterocycles. The van der Waals surface area contributed by atoms with Gasteiger partial charge in [0.15, 0.2) is 0 Å². The summed E-state index contributed by atoms with van der Waals surface area (Å²) in [7, 11) is -1.72. The van der Waals surface area contributed by atoms with Crippen molar-refractivity contribution >= 4 is 10.0 Å². The SMILES string of the molecule is CCC(C)N(C)S(=O)(=O)c1ccc(CCNC2CC2)cc1. The second-order valence-corrected chi connectivity index (χ2v) is 7.90. The van der Waals surface area contributed by atoms with Crippen LogP contribution in [0.3, 0.4) is 0 Å². The molecule has 1 aromatic rings. The van der Waals surface area contributed by atoms with E-state index >= 15 is 0 Å². The first-order valence-corrected chi connectivity index (χ1v) is 9.19. The molecule has 1 saturated carbocycles. The molecule has 2 rings (SSSR count). The van der Waals surface area contributed by atoms with Gasteiger partial charge in [-0.05, 0) is 56.8 Å². The minimum Gasteiger partial charge on any atom is -0.314 e. The molecule has 1 unspecified atom stereocenters. The summed E-state index contributed by atoms with van der Waals surface area (Å²) in [6.45, 7) is 4.88. The summed E-state index contributed by atoms with van der Waals surface area (Å²) < 4.78 is 26.4. The predicted octanol–water partition coefficient (Wildman–Crippen LogP) is 2.40. The molecule has 0 aromatic heterocycles. The van der Waals surface area contributed by atoms with Crippen LogP contribution < -0.4 is 5.32 Å². The Morgan fingerprint density at radius 1 is 1.29 bits per heavy atom. The number of benzene rings is 1. The monoisotopic (exact) mass is 310 g/mol. The summed E-state index contributed by atoms with van der Waals surface area (Å²) in [5, 5.41) is 3.46. The third-order valence-corrected chi connectivity index (χ3v) is 6.22. The van der Waals surface area contributed by atoms with E-state index in [1.165, 1.54) is 22.7 Å². The third kappa shape index (κ3) is 4.28. The van der Waals surface area contributed by atoms with E-state index in [4.69, 9.17) is 0 Å². The van der Waals surface area contributed by atoms with Gasteiger partial charge in [-0.15, -0.1) is 0 Å². The van der Waals surface area contributed by atoms with Crippen molar-refractivity contribution in [3.63, 3.8) is 0 Å². The third-order valence-electron chi connectivity index (χ3n) is 4.24. The molecule has 1 N–H and O–H groups in total. The average molecular weight is 310 g/mol. The van der Waals surface area contributed by atoms with Crippen molar-refractivity contribution in [2.75, 3.05) is 13.6 Å². The van der Waals surface area contributed by atoms with Crippen LogP contribution in [0.5, 0.6) is 0 Å². The van der Waals surface area contributed by atoms with Crippen molar-refractivity contribution in [3.05, 3.63) is 29.8 Å². The van der Waals surface area contributed by atoms with E-state index in [0.29, 0.717) is 10.9 Å². The molecule has 1 atom stereocenters. The highest BCUT2D eigenvalue weighted by molar-refractivity contribution is 7.89. The molecule has 5 heteroatoms. The Labute approximate surface area is 128 Å². The highest BCUT2D eigenvalue weighted by Gasteiger charge is 2.24. The lowest BCUT2D eigenvalue weighted by Crippen LogP contribution is -2.34. The van der Waals surface area contributed by atoms with E-state index in [2.05, 4.69) is 5.32 Å². The zero-order valence-corrected chi connectivity index (χ0v) is 14.0. The maximum absolute atomic E-state index is 12.5. The second kappa shape index (κ2) is 6.90. The first-order valence-electron chi connectivity index (χ1n) is 7.75. The van der Waals surface area contributed by atoms with Gasteiger partial charge in [0.25, 0.3) is 0 Å². The van der Waals surface area contributed by atoms with Gasteiger partial charge in [0.2, 0.25) is 10.0 Å². The fourth-order valence-corrected chi connectivity index (χ4v) is 3.63. The van der Waals surface area contributed by atoms with Crippen LogP contribution in [0.4, 0.5) is 0 Å². The van der Waals surface area contributed by atoms with Gasteiger partial charge >= 0.3 is 0 Å². The van der Waals surface area contributed by atoms with Crippen LogP contribution in [-0.4, -0.2) is 38.4 Å². The molecule has 0 saturated heterocycles. The highest BCUT2D eigenvalue weighted by Crippen LogP contribution is 2.20. The second-order valence-electron chi connectivity index (χ2n) is 5.90. The Morgan fingerprint density at radius 2 is 1.90 bits per heavy atom. The van der Waals surface area contributed by atoms with Crippen molar-refractivity contribution in [2.45, 2.75) is 56.5 Å². The number of hydrogen-bond donors (Lipinski definition) is 1. The molecule has 1 aromatic carbocycles. The summed E-state index contributed by atoms with van der Waals surface area (Å²) >= 11 is 0. The largest absolute Gasteiger partial charge is 0.314 e. The lowest BCUT2D eigenvalue weighted by Gasteiger charge is -2.23. The number of hydrogen-bond acceptors (Lipinski definition) is 3. The Kier molecular flexibility index (Phi) is 5.41. The lowest BCUT2D eigenvalue weighted by molar-refractivity contribution is 0.380. The van der Waals surface area contributed by atoms with Gasteiger partial charge in [-0.25, -0.2) is 8.42 Å². The van der Waals surface area contributed by atoms with Gasteiger partial charge in [-0.1, -0.05) is 19.1 Å². The first-order chi connectivity index (χ1) is 9.95. The van der Waals surface area contributed by atoms with Crippen LogP contribution in [0.15, 0.2) is 29.2 Å². The van der Waals surface area contributed by atoms with E-state index in [1.54, 1.807) is 19.2 Å². The van der Waals surface area contributed by atoms with Crippen molar-refractivity contribution in [1.82, 2.24) is 9.62 Å². The molecule has 0 bridgehead atoms. The average Bonchev–Trinajstić information content (AvgIpc) is 3.30. The van der Waals surface area contributed by atoms with Gasteiger partial charge in [0, 0.05) is 19.1 Å². The molecule has 0 spiro atoms. The summed E-state index contributed by atoms with van der Waals surface area (Å²) in [5.74, 6) is 0. The number of nitrogens with one attached hydrogen (secondary N) is 1. The Bertz CT molecular complexity index is 550. The van der Waals surface area contributed by atoms with Crippen molar-refractivity contribution in [1.29, 1.82) is 0 Å². The molecular formula is C16H26N2O2S. The Morgan fingerprint density at radius 3 is 2.43 bits per heavy atom. The van der Waals surface area contributed by atoms with E-state index < -0.39 is 10.0 Å². The number of nitrogens with zero attached hydrogens (tertiary/aromatic N) is 1. The normalized spacial score (nSPS) is 17.1. The molecule has 21 heavy (non-hydrogen) atoms. The highest BCUT2D eigenvalue weighted by atomic mass is 32.2. The Balaban J connectivity index is 1.99. The molecule has 1 aliphatic carbocycles. The molecule has 1 aliphatic rings. The zero-order chi connectivity index (χ0) is 15.5. The van der Waals surface area contributed by atoms with Gasteiger partial charge in [0.05, 0.1) is 4.90 Å². The van der Waals surface area contributed by atoms with Gasteiger partial charge in [-0.3, -0.25) is 0 Å². The molecule has 1 fully saturated rings. The number of sulfonamides is 1. The maximum atomic E-state index is 12.5. The van der Waals surface area contributed by atoms with Crippen LogP contribution in [0.1, 0.15) is 38.7 Å². The van der Waals surface area contributed by atoms with E-state index in [9.17, 15) is 8.42 Å².